The largest absolute Gasteiger partial charge is 0.340 e. The Morgan fingerprint density at radius 1 is 1.19 bits per heavy atom. The molecule has 2 amide bonds. The lowest BCUT2D eigenvalue weighted by Gasteiger charge is -2.27. The summed E-state index contributed by atoms with van der Waals surface area (Å²) >= 11 is 0. The third kappa shape index (κ3) is 3.08. The monoisotopic (exact) mass is 287 g/mol. The van der Waals surface area contributed by atoms with E-state index in [4.69, 9.17) is 5.73 Å². The minimum Gasteiger partial charge on any atom is -0.340 e. The molecule has 112 valence electrons. The highest BCUT2D eigenvalue weighted by Crippen LogP contribution is 2.30. The maximum atomic E-state index is 12.8. The highest BCUT2D eigenvalue weighted by molar-refractivity contribution is 5.90. The van der Waals surface area contributed by atoms with Gasteiger partial charge in [-0.2, -0.15) is 0 Å². The standard InChI is InChI=1S/C16H21N3O2/c17-13-7-4-10-19(13)16(21)14(11-5-2-1-3-6-11)18-15(20)12-8-9-12/h1-3,5-6,12-14H,4,7-10,17H2,(H,18,20). The van der Waals surface area contributed by atoms with Crippen LogP contribution in [0, 0.1) is 5.92 Å². The third-order valence-corrected chi connectivity index (χ3v) is 4.20. The summed E-state index contributed by atoms with van der Waals surface area (Å²) in [6, 6.07) is 8.78. The van der Waals surface area contributed by atoms with Crippen molar-refractivity contribution in [3.8, 4) is 0 Å². The van der Waals surface area contributed by atoms with Gasteiger partial charge in [-0.05, 0) is 31.2 Å². The Hall–Kier alpha value is -1.88. The first-order valence-electron chi connectivity index (χ1n) is 7.58. The van der Waals surface area contributed by atoms with Gasteiger partial charge in [0.25, 0.3) is 5.91 Å². The number of hydrogen-bond donors (Lipinski definition) is 2. The Morgan fingerprint density at radius 2 is 1.90 bits per heavy atom. The summed E-state index contributed by atoms with van der Waals surface area (Å²) in [5.41, 5.74) is 6.81. The van der Waals surface area contributed by atoms with E-state index in [1.807, 2.05) is 30.3 Å². The molecule has 2 atom stereocenters. The van der Waals surface area contributed by atoms with Crippen LogP contribution in [-0.4, -0.2) is 29.4 Å². The van der Waals surface area contributed by atoms with Crippen LogP contribution in [0.4, 0.5) is 0 Å². The molecule has 3 N–H and O–H groups in total. The van der Waals surface area contributed by atoms with Crippen molar-refractivity contribution in [1.82, 2.24) is 10.2 Å². The molecule has 1 saturated carbocycles. The zero-order valence-electron chi connectivity index (χ0n) is 12.0. The molecule has 2 unspecified atom stereocenters. The van der Waals surface area contributed by atoms with Crippen LogP contribution in [0.3, 0.4) is 0 Å². The van der Waals surface area contributed by atoms with Gasteiger partial charge in [-0.3, -0.25) is 9.59 Å². The van der Waals surface area contributed by atoms with Crippen LogP contribution in [0.5, 0.6) is 0 Å². The van der Waals surface area contributed by atoms with E-state index in [1.54, 1.807) is 4.90 Å². The molecule has 5 heteroatoms. The fourth-order valence-corrected chi connectivity index (χ4v) is 2.77. The quantitative estimate of drug-likeness (QED) is 0.872. The van der Waals surface area contributed by atoms with Crippen LogP contribution in [0.2, 0.25) is 0 Å². The fraction of sp³-hybridized carbons (Fsp3) is 0.500. The first-order valence-corrected chi connectivity index (χ1v) is 7.58. The molecular weight excluding hydrogens is 266 g/mol. The zero-order valence-corrected chi connectivity index (χ0v) is 12.0. The molecule has 0 radical (unpaired) electrons. The van der Waals surface area contributed by atoms with Gasteiger partial charge < -0.3 is 16.0 Å². The maximum Gasteiger partial charge on any atom is 0.251 e. The maximum absolute atomic E-state index is 12.8. The van der Waals surface area contributed by atoms with Crippen molar-refractivity contribution >= 4 is 11.8 Å². The first-order chi connectivity index (χ1) is 10.2. The average Bonchev–Trinajstić information content (AvgIpc) is 3.27. The lowest BCUT2D eigenvalue weighted by Crippen LogP contribution is -2.48. The number of rotatable bonds is 4. The molecule has 2 aliphatic rings. The van der Waals surface area contributed by atoms with Crippen LogP contribution in [0.15, 0.2) is 30.3 Å². The van der Waals surface area contributed by atoms with E-state index >= 15 is 0 Å². The van der Waals surface area contributed by atoms with Crippen molar-refractivity contribution in [2.75, 3.05) is 6.54 Å². The van der Waals surface area contributed by atoms with Crippen LogP contribution in [-0.2, 0) is 9.59 Å². The number of amides is 2. The van der Waals surface area contributed by atoms with E-state index in [9.17, 15) is 9.59 Å². The Balaban J connectivity index is 1.80. The highest BCUT2D eigenvalue weighted by Gasteiger charge is 2.36. The molecule has 1 aromatic rings. The van der Waals surface area contributed by atoms with E-state index in [1.165, 1.54) is 0 Å². The Morgan fingerprint density at radius 3 is 2.48 bits per heavy atom. The SMILES string of the molecule is NC1CCCN1C(=O)C(NC(=O)C1CC1)c1ccccc1. The van der Waals surface area contributed by atoms with Crippen LogP contribution < -0.4 is 11.1 Å². The number of nitrogens with one attached hydrogen (secondary N) is 1. The summed E-state index contributed by atoms with van der Waals surface area (Å²) in [6.07, 6.45) is 3.35. The van der Waals surface area contributed by atoms with E-state index in [0.717, 1.165) is 31.2 Å². The minimum absolute atomic E-state index is 0.0232. The van der Waals surface area contributed by atoms with Gasteiger partial charge in [0.15, 0.2) is 0 Å². The molecule has 1 aromatic carbocycles. The molecule has 21 heavy (non-hydrogen) atoms. The molecule has 1 aliphatic heterocycles. The normalized spacial score (nSPS) is 22.9. The summed E-state index contributed by atoms with van der Waals surface area (Å²) in [5, 5.41) is 2.91. The van der Waals surface area contributed by atoms with Crippen molar-refractivity contribution in [2.24, 2.45) is 11.7 Å². The summed E-state index contributed by atoms with van der Waals surface area (Å²) in [4.78, 5) is 26.5. The van der Waals surface area contributed by atoms with Crippen molar-refractivity contribution in [3.05, 3.63) is 35.9 Å². The molecule has 1 aliphatic carbocycles. The van der Waals surface area contributed by atoms with E-state index in [-0.39, 0.29) is 23.9 Å². The predicted octanol–water partition coefficient (Wildman–Crippen LogP) is 1.16. The molecule has 2 fully saturated rings. The fourth-order valence-electron chi connectivity index (χ4n) is 2.77. The Bertz CT molecular complexity index is 528. The second kappa shape index (κ2) is 5.85. The van der Waals surface area contributed by atoms with E-state index < -0.39 is 6.04 Å². The van der Waals surface area contributed by atoms with Gasteiger partial charge in [0, 0.05) is 12.5 Å². The van der Waals surface area contributed by atoms with Gasteiger partial charge in [0.1, 0.15) is 6.04 Å². The molecule has 0 spiro atoms. The second-order valence-corrected chi connectivity index (χ2v) is 5.87. The summed E-state index contributed by atoms with van der Waals surface area (Å²) in [7, 11) is 0. The van der Waals surface area contributed by atoms with Gasteiger partial charge in [-0.1, -0.05) is 30.3 Å². The molecular formula is C16H21N3O2. The number of likely N-dealkylation sites (tertiary alicyclic amines) is 1. The summed E-state index contributed by atoms with van der Waals surface area (Å²) in [5.74, 6) is -0.0403. The topological polar surface area (TPSA) is 75.4 Å². The lowest BCUT2D eigenvalue weighted by molar-refractivity contribution is -0.137. The number of carbonyl (C=O) groups excluding carboxylic acids is 2. The van der Waals surface area contributed by atoms with Gasteiger partial charge >= 0.3 is 0 Å². The van der Waals surface area contributed by atoms with Gasteiger partial charge in [0.05, 0.1) is 6.17 Å². The third-order valence-electron chi connectivity index (χ3n) is 4.20. The molecule has 1 saturated heterocycles. The molecule has 0 bridgehead atoms. The van der Waals surface area contributed by atoms with Crippen molar-refractivity contribution in [3.63, 3.8) is 0 Å². The number of hydrogen-bond acceptors (Lipinski definition) is 3. The first kappa shape index (κ1) is 14.1. The zero-order chi connectivity index (χ0) is 14.8. The number of carbonyl (C=O) groups is 2. The van der Waals surface area contributed by atoms with Crippen molar-refractivity contribution in [2.45, 2.75) is 37.9 Å². The molecule has 5 nitrogen and oxygen atoms in total. The average molecular weight is 287 g/mol. The van der Waals surface area contributed by atoms with E-state index in [2.05, 4.69) is 5.32 Å². The summed E-state index contributed by atoms with van der Waals surface area (Å²) in [6.45, 7) is 0.669. The molecule has 3 rings (SSSR count). The predicted molar refractivity (Wildman–Crippen MR) is 79.0 cm³/mol. The second-order valence-electron chi connectivity index (χ2n) is 5.87. The molecule has 0 aromatic heterocycles. The van der Waals surface area contributed by atoms with Gasteiger partial charge in [-0.15, -0.1) is 0 Å². The van der Waals surface area contributed by atoms with Gasteiger partial charge in [-0.25, -0.2) is 0 Å². The number of nitrogens with zero attached hydrogens (tertiary/aromatic N) is 1. The number of benzene rings is 1. The van der Waals surface area contributed by atoms with Crippen molar-refractivity contribution in [1.29, 1.82) is 0 Å². The molecule has 1 heterocycles. The van der Waals surface area contributed by atoms with E-state index in [0.29, 0.717) is 6.54 Å². The van der Waals surface area contributed by atoms with Gasteiger partial charge in [0.2, 0.25) is 5.91 Å². The van der Waals surface area contributed by atoms with Crippen LogP contribution in [0.1, 0.15) is 37.3 Å². The van der Waals surface area contributed by atoms with Crippen LogP contribution in [0.25, 0.3) is 0 Å². The highest BCUT2D eigenvalue weighted by atomic mass is 16.2. The van der Waals surface area contributed by atoms with Crippen molar-refractivity contribution < 1.29 is 9.59 Å². The number of nitrogens with two attached hydrogens (primary N) is 1. The summed E-state index contributed by atoms with van der Waals surface area (Å²) < 4.78 is 0. The Labute approximate surface area is 124 Å². The lowest BCUT2D eigenvalue weighted by atomic mass is 10.1. The Kier molecular flexibility index (Phi) is 3.92. The van der Waals surface area contributed by atoms with Crippen LogP contribution >= 0.6 is 0 Å². The minimum atomic E-state index is -0.622. The smallest absolute Gasteiger partial charge is 0.251 e.